The van der Waals surface area contributed by atoms with Crippen LogP contribution in [-0.2, 0) is 4.79 Å². The van der Waals surface area contributed by atoms with Gasteiger partial charge in [0.05, 0.1) is 11.9 Å². The number of nitrogens with zero attached hydrogens (tertiary/aromatic N) is 2. The lowest BCUT2D eigenvalue weighted by Crippen LogP contribution is -2.24. The van der Waals surface area contributed by atoms with Gasteiger partial charge in [0.15, 0.2) is 0 Å². The van der Waals surface area contributed by atoms with Crippen molar-refractivity contribution in [1.82, 2.24) is 9.78 Å². The Kier molecular flexibility index (Phi) is 4.27. The molecule has 1 atom stereocenters. The molecule has 0 aliphatic carbocycles. The van der Waals surface area contributed by atoms with E-state index in [1.165, 1.54) is 0 Å². The lowest BCUT2D eigenvalue weighted by atomic mass is 9.87. The molecule has 5 nitrogen and oxygen atoms in total. The molecule has 5 heteroatoms. The molecule has 4 rings (SSSR count). The molecule has 0 spiro atoms. The molecule has 1 amide bonds. The summed E-state index contributed by atoms with van der Waals surface area (Å²) in [4.78, 5) is 12.3. The molecule has 0 saturated carbocycles. The number of benzene rings is 2. The minimum Gasteiger partial charge on any atom is -0.490 e. The molecule has 2 heterocycles. The van der Waals surface area contributed by atoms with Gasteiger partial charge in [-0.1, -0.05) is 43.0 Å². The number of carbonyl (C=O) groups excluding carboxylic acids is 1. The van der Waals surface area contributed by atoms with Gasteiger partial charge in [0.1, 0.15) is 18.2 Å². The van der Waals surface area contributed by atoms with E-state index >= 15 is 0 Å². The maximum absolute atomic E-state index is 12.3. The number of aromatic nitrogens is 2. The minimum absolute atomic E-state index is 0.00725. The van der Waals surface area contributed by atoms with E-state index in [2.05, 4.69) is 17.0 Å². The topological polar surface area (TPSA) is 56.1 Å². The summed E-state index contributed by atoms with van der Waals surface area (Å²) in [5.41, 5.74) is 3.01. The molecule has 0 radical (unpaired) electrons. The highest BCUT2D eigenvalue weighted by Gasteiger charge is 2.30. The van der Waals surface area contributed by atoms with Crippen LogP contribution in [0.4, 0.5) is 5.82 Å². The first-order valence-electron chi connectivity index (χ1n) is 8.53. The molecule has 1 aliphatic rings. The Morgan fingerprint density at radius 2 is 1.96 bits per heavy atom. The molecule has 0 fully saturated rings. The van der Waals surface area contributed by atoms with Crippen molar-refractivity contribution in [2.45, 2.75) is 12.3 Å². The summed E-state index contributed by atoms with van der Waals surface area (Å²) in [7, 11) is 0. The van der Waals surface area contributed by atoms with Crippen molar-refractivity contribution < 1.29 is 9.53 Å². The van der Waals surface area contributed by atoms with Gasteiger partial charge in [0.2, 0.25) is 5.91 Å². The Bertz CT molecular complexity index is 930. The van der Waals surface area contributed by atoms with E-state index in [1.54, 1.807) is 10.8 Å². The van der Waals surface area contributed by atoms with Crippen molar-refractivity contribution in [3.05, 3.63) is 84.6 Å². The van der Waals surface area contributed by atoms with Crippen LogP contribution in [0, 0.1) is 0 Å². The molecule has 1 aromatic heterocycles. The second kappa shape index (κ2) is 6.88. The fraction of sp³-hybridized carbons (Fsp3) is 0.143. The number of para-hydroxylation sites is 1. The Morgan fingerprint density at radius 3 is 2.69 bits per heavy atom. The molecule has 26 heavy (non-hydrogen) atoms. The molecule has 0 bridgehead atoms. The fourth-order valence-electron chi connectivity index (χ4n) is 3.23. The van der Waals surface area contributed by atoms with E-state index in [4.69, 9.17) is 4.74 Å². The highest BCUT2D eigenvalue weighted by atomic mass is 16.5. The standard InChI is InChI=1S/C21H19N3O2/c1-2-12-26-17-10-8-15(9-11-17)18-13-20(25)23-21-19(18)14-22-24(21)16-6-4-3-5-7-16/h2-11,14,18H,1,12-13H2,(H,23,25)/t18-/m1/s1. The number of ether oxygens (including phenoxy) is 1. The van der Waals surface area contributed by atoms with Gasteiger partial charge in [-0.05, 0) is 29.8 Å². The maximum Gasteiger partial charge on any atom is 0.226 e. The number of anilines is 1. The summed E-state index contributed by atoms with van der Waals surface area (Å²) in [5.74, 6) is 1.50. The summed E-state index contributed by atoms with van der Waals surface area (Å²) >= 11 is 0. The highest BCUT2D eigenvalue weighted by Crippen LogP contribution is 2.38. The molecular weight excluding hydrogens is 326 g/mol. The van der Waals surface area contributed by atoms with E-state index < -0.39 is 0 Å². The van der Waals surface area contributed by atoms with Gasteiger partial charge < -0.3 is 10.1 Å². The SMILES string of the molecule is C=CCOc1ccc([C@H]2CC(=O)Nc3c2cnn3-c2ccccc2)cc1. The zero-order valence-corrected chi connectivity index (χ0v) is 14.3. The molecule has 0 unspecified atom stereocenters. The molecule has 1 aliphatic heterocycles. The molecule has 2 aromatic carbocycles. The van der Waals surface area contributed by atoms with Gasteiger partial charge in [-0.25, -0.2) is 4.68 Å². The largest absolute Gasteiger partial charge is 0.490 e. The van der Waals surface area contributed by atoms with Crippen LogP contribution in [0.25, 0.3) is 5.69 Å². The first-order chi connectivity index (χ1) is 12.8. The number of nitrogens with one attached hydrogen (secondary N) is 1. The highest BCUT2D eigenvalue weighted by molar-refractivity contribution is 5.94. The van der Waals surface area contributed by atoms with Gasteiger partial charge >= 0.3 is 0 Å². The third kappa shape index (κ3) is 2.99. The van der Waals surface area contributed by atoms with E-state index in [9.17, 15) is 4.79 Å². The summed E-state index contributed by atoms with van der Waals surface area (Å²) < 4.78 is 7.31. The van der Waals surface area contributed by atoms with Gasteiger partial charge in [-0.15, -0.1) is 0 Å². The smallest absolute Gasteiger partial charge is 0.226 e. The molecule has 1 N–H and O–H groups in total. The number of hydrogen-bond acceptors (Lipinski definition) is 3. The van der Waals surface area contributed by atoms with E-state index in [0.717, 1.165) is 28.4 Å². The van der Waals surface area contributed by atoms with Gasteiger partial charge in [-0.2, -0.15) is 5.10 Å². The van der Waals surface area contributed by atoms with Crippen LogP contribution in [0.3, 0.4) is 0 Å². The summed E-state index contributed by atoms with van der Waals surface area (Å²) in [6, 6.07) is 17.7. The Labute approximate surface area is 151 Å². The lowest BCUT2D eigenvalue weighted by Gasteiger charge is -2.24. The number of carbonyl (C=O) groups is 1. The van der Waals surface area contributed by atoms with E-state index in [1.807, 2.05) is 60.8 Å². The first kappa shape index (κ1) is 16.1. The van der Waals surface area contributed by atoms with Gasteiger partial charge in [0, 0.05) is 17.9 Å². The zero-order chi connectivity index (χ0) is 17.9. The normalized spacial score (nSPS) is 15.8. The Morgan fingerprint density at radius 1 is 1.19 bits per heavy atom. The fourth-order valence-corrected chi connectivity index (χ4v) is 3.23. The molecule has 130 valence electrons. The monoisotopic (exact) mass is 345 g/mol. The second-order valence-corrected chi connectivity index (χ2v) is 6.17. The predicted molar refractivity (Wildman–Crippen MR) is 101 cm³/mol. The van der Waals surface area contributed by atoms with Crippen molar-refractivity contribution in [2.24, 2.45) is 0 Å². The quantitative estimate of drug-likeness (QED) is 0.713. The predicted octanol–water partition coefficient (Wildman–Crippen LogP) is 3.91. The number of hydrogen-bond donors (Lipinski definition) is 1. The van der Waals surface area contributed by atoms with Crippen molar-refractivity contribution in [2.75, 3.05) is 11.9 Å². The van der Waals surface area contributed by atoms with Crippen LogP contribution in [-0.4, -0.2) is 22.3 Å². The van der Waals surface area contributed by atoms with Crippen molar-refractivity contribution >= 4 is 11.7 Å². The number of rotatable bonds is 5. The molecular formula is C21H19N3O2. The molecule has 0 saturated heterocycles. The van der Waals surface area contributed by atoms with E-state index in [-0.39, 0.29) is 11.8 Å². The average molecular weight is 345 g/mol. The van der Waals surface area contributed by atoms with Crippen molar-refractivity contribution in [3.63, 3.8) is 0 Å². The van der Waals surface area contributed by atoms with Gasteiger partial charge in [0.25, 0.3) is 0 Å². The average Bonchev–Trinajstić information content (AvgIpc) is 3.10. The zero-order valence-electron chi connectivity index (χ0n) is 14.3. The van der Waals surface area contributed by atoms with Crippen LogP contribution in [0.5, 0.6) is 5.75 Å². The van der Waals surface area contributed by atoms with Crippen LogP contribution < -0.4 is 10.1 Å². The number of amides is 1. The van der Waals surface area contributed by atoms with Crippen LogP contribution >= 0.6 is 0 Å². The van der Waals surface area contributed by atoms with Crippen molar-refractivity contribution in [3.8, 4) is 11.4 Å². The number of fused-ring (bicyclic) bond motifs is 1. The van der Waals surface area contributed by atoms with Crippen molar-refractivity contribution in [1.29, 1.82) is 0 Å². The first-order valence-corrected chi connectivity index (χ1v) is 8.53. The Balaban J connectivity index is 1.69. The minimum atomic E-state index is -0.0235. The summed E-state index contributed by atoms with van der Waals surface area (Å²) in [5, 5.41) is 7.47. The van der Waals surface area contributed by atoms with Crippen LogP contribution in [0.2, 0.25) is 0 Å². The third-order valence-corrected chi connectivity index (χ3v) is 4.47. The van der Waals surface area contributed by atoms with E-state index in [0.29, 0.717) is 13.0 Å². The second-order valence-electron chi connectivity index (χ2n) is 6.17. The molecule has 3 aromatic rings. The summed E-state index contributed by atoms with van der Waals surface area (Å²) in [6.07, 6.45) is 3.96. The van der Waals surface area contributed by atoms with Crippen LogP contribution in [0.15, 0.2) is 73.4 Å². The van der Waals surface area contributed by atoms with Crippen LogP contribution in [0.1, 0.15) is 23.5 Å². The van der Waals surface area contributed by atoms with Gasteiger partial charge in [-0.3, -0.25) is 4.79 Å². The Hall–Kier alpha value is -3.34. The third-order valence-electron chi connectivity index (χ3n) is 4.47. The lowest BCUT2D eigenvalue weighted by molar-refractivity contribution is -0.116. The summed E-state index contributed by atoms with van der Waals surface area (Å²) in [6.45, 7) is 4.12. The maximum atomic E-state index is 12.3.